The van der Waals surface area contributed by atoms with Crippen LogP contribution in [0.3, 0.4) is 0 Å². The number of ether oxygens (including phenoxy) is 2. The number of nitrogens with zero attached hydrogens (tertiary/aromatic N) is 5. The maximum Gasteiger partial charge on any atom is 0.301 e. The molecule has 1 N–H and O–H groups in total. The lowest BCUT2D eigenvalue weighted by molar-refractivity contribution is -0.120. The van der Waals surface area contributed by atoms with Crippen molar-refractivity contribution in [2.75, 3.05) is 19.4 Å². The average molecular weight is 432 g/mol. The van der Waals surface area contributed by atoms with Gasteiger partial charge in [0.05, 0.1) is 25.9 Å². The van der Waals surface area contributed by atoms with Gasteiger partial charge in [0.15, 0.2) is 17.2 Å². The van der Waals surface area contributed by atoms with Gasteiger partial charge in [-0.05, 0) is 6.07 Å². The monoisotopic (exact) mass is 432 g/mol. The molecule has 0 radical (unpaired) electrons. The van der Waals surface area contributed by atoms with Gasteiger partial charge in [0.2, 0.25) is 5.91 Å². The number of amides is 1. The zero-order valence-electron chi connectivity index (χ0n) is 17.6. The van der Waals surface area contributed by atoms with Gasteiger partial charge in [-0.25, -0.2) is 10.4 Å². The number of fused-ring (bicyclic) bond motifs is 1. The molecule has 0 bridgehead atoms. The molecular formula is C22H20N6O4. The number of carbonyl (C=O) groups is 1. The van der Waals surface area contributed by atoms with Crippen LogP contribution in [-0.2, 0) is 4.79 Å². The minimum atomic E-state index is -0.377. The Morgan fingerprint density at radius 2 is 1.69 bits per heavy atom. The Bertz CT molecular complexity index is 1230. The second kappa shape index (κ2) is 9.13. The van der Waals surface area contributed by atoms with E-state index < -0.39 is 0 Å². The third-order valence-corrected chi connectivity index (χ3v) is 4.46. The first-order valence-corrected chi connectivity index (χ1v) is 9.60. The SMILES string of the molecule is COc1cc2nccc(ON(NC(C)=O)c3ncc(-c4ccccc4)nn3)c2cc1OC. The third kappa shape index (κ3) is 4.33. The van der Waals surface area contributed by atoms with Gasteiger partial charge >= 0.3 is 5.95 Å². The van der Waals surface area contributed by atoms with E-state index in [1.807, 2.05) is 30.3 Å². The highest BCUT2D eigenvalue weighted by Gasteiger charge is 2.18. The summed E-state index contributed by atoms with van der Waals surface area (Å²) < 4.78 is 10.7. The van der Waals surface area contributed by atoms with Crippen LogP contribution in [0.2, 0.25) is 0 Å². The summed E-state index contributed by atoms with van der Waals surface area (Å²) in [6.45, 7) is 1.35. The van der Waals surface area contributed by atoms with E-state index in [1.165, 1.54) is 14.0 Å². The highest BCUT2D eigenvalue weighted by atomic mass is 16.7. The summed E-state index contributed by atoms with van der Waals surface area (Å²) in [5, 5.41) is 9.99. The minimum absolute atomic E-state index is 0.0466. The number of hydrazine groups is 1. The molecule has 4 aromatic rings. The van der Waals surface area contributed by atoms with Crippen molar-refractivity contribution in [2.45, 2.75) is 6.92 Å². The van der Waals surface area contributed by atoms with E-state index in [4.69, 9.17) is 14.3 Å². The van der Waals surface area contributed by atoms with Crippen LogP contribution in [-0.4, -0.2) is 40.3 Å². The van der Waals surface area contributed by atoms with Crippen molar-refractivity contribution in [3.05, 3.63) is 60.9 Å². The minimum Gasteiger partial charge on any atom is -0.493 e. The first kappa shape index (κ1) is 20.8. The van der Waals surface area contributed by atoms with Crippen LogP contribution < -0.4 is 24.9 Å². The Labute approximate surface area is 183 Å². The molecule has 162 valence electrons. The Morgan fingerprint density at radius 1 is 0.938 bits per heavy atom. The van der Waals surface area contributed by atoms with Crippen LogP contribution >= 0.6 is 0 Å². The van der Waals surface area contributed by atoms with Gasteiger partial charge in [-0.1, -0.05) is 35.5 Å². The smallest absolute Gasteiger partial charge is 0.301 e. The van der Waals surface area contributed by atoms with E-state index in [2.05, 4.69) is 25.6 Å². The lowest BCUT2D eigenvalue weighted by Gasteiger charge is -2.22. The van der Waals surface area contributed by atoms with Gasteiger partial charge in [0.1, 0.15) is 5.69 Å². The van der Waals surface area contributed by atoms with Crippen molar-refractivity contribution in [1.82, 2.24) is 25.6 Å². The number of hydrogen-bond acceptors (Lipinski definition) is 9. The van der Waals surface area contributed by atoms with Crippen molar-refractivity contribution >= 4 is 22.8 Å². The third-order valence-electron chi connectivity index (χ3n) is 4.46. The zero-order chi connectivity index (χ0) is 22.5. The van der Waals surface area contributed by atoms with Crippen molar-refractivity contribution in [3.8, 4) is 28.5 Å². The Balaban J connectivity index is 1.69. The van der Waals surface area contributed by atoms with Crippen LogP contribution in [0.25, 0.3) is 22.2 Å². The molecule has 0 fully saturated rings. The zero-order valence-corrected chi connectivity index (χ0v) is 17.6. The van der Waals surface area contributed by atoms with Gasteiger partial charge in [-0.2, -0.15) is 0 Å². The first-order chi connectivity index (χ1) is 15.6. The van der Waals surface area contributed by atoms with Crippen LogP contribution in [0, 0.1) is 0 Å². The number of carbonyl (C=O) groups excluding carboxylic acids is 1. The number of benzene rings is 2. The summed E-state index contributed by atoms with van der Waals surface area (Å²) in [7, 11) is 3.09. The molecule has 0 unspecified atom stereocenters. The van der Waals surface area contributed by atoms with Crippen molar-refractivity contribution in [3.63, 3.8) is 0 Å². The molecule has 0 aliphatic heterocycles. The van der Waals surface area contributed by atoms with Crippen molar-refractivity contribution in [1.29, 1.82) is 0 Å². The summed E-state index contributed by atoms with van der Waals surface area (Å²) in [5.41, 5.74) is 4.62. The first-order valence-electron chi connectivity index (χ1n) is 9.60. The molecule has 10 nitrogen and oxygen atoms in total. The Hall–Kier alpha value is -4.47. The fourth-order valence-corrected chi connectivity index (χ4v) is 2.99. The molecule has 0 aliphatic carbocycles. The number of methoxy groups -OCH3 is 2. The van der Waals surface area contributed by atoms with E-state index in [0.29, 0.717) is 33.8 Å². The van der Waals surface area contributed by atoms with Crippen molar-refractivity contribution in [2.24, 2.45) is 0 Å². The maximum atomic E-state index is 11.8. The van der Waals surface area contributed by atoms with Crippen LogP contribution in [0.4, 0.5) is 5.95 Å². The van der Waals surface area contributed by atoms with Crippen molar-refractivity contribution < 1.29 is 19.1 Å². The molecule has 1 amide bonds. The summed E-state index contributed by atoms with van der Waals surface area (Å²) in [6, 6.07) is 14.6. The number of anilines is 1. The van der Waals surface area contributed by atoms with Crippen LogP contribution in [0.5, 0.6) is 17.2 Å². The lowest BCUT2D eigenvalue weighted by Crippen LogP contribution is -2.45. The van der Waals surface area contributed by atoms with Gasteiger partial charge in [0.25, 0.3) is 0 Å². The lowest BCUT2D eigenvalue weighted by atomic mass is 10.2. The van der Waals surface area contributed by atoms with Crippen LogP contribution in [0.15, 0.2) is 60.9 Å². The number of rotatable bonds is 7. The molecule has 2 aromatic carbocycles. The number of pyridine rings is 1. The van der Waals surface area contributed by atoms with Gasteiger partial charge in [0, 0.05) is 36.2 Å². The van der Waals surface area contributed by atoms with E-state index in [0.717, 1.165) is 10.7 Å². The second-order valence-corrected chi connectivity index (χ2v) is 6.60. The molecule has 10 heteroatoms. The number of aromatic nitrogens is 4. The summed E-state index contributed by atoms with van der Waals surface area (Å²) in [6.07, 6.45) is 3.13. The molecule has 2 aromatic heterocycles. The fourth-order valence-electron chi connectivity index (χ4n) is 2.99. The molecule has 0 saturated carbocycles. The van der Waals surface area contributed by atoms with Crippen LogP contribution in [0.1, 0.15) is 6.92 Å². The fraction of sp³-hybridized carbons (Fsp3) is 0.136. The van der Waals surface area contributed by atoms with E-state index in [9.17, 15) is 4.79 Å². The largest absolute Gasteiger partial charge is 0.493 e. The van der Waals surface area contributed by atoms with Gasteiger partial charge < -0.3 is 14.3 Å². The van der Waals surface area contributed by atoms with E-state index in [1.54, 1.807) is 37.7 Å². The van der Waals surface area contributed by atoms with E-state index >= 15 is 0 Å². The Kier molecular flexibility index (Phi) is 5.93. The molecule has 2 heterocycles. The summed E-state index contributed by atoms with van der Waals surface area (Å²) >= 11 is 0. The molecular weight excluding hydrogens is 412 g/mol. The highest BCUT2D eigenvalue weighted by Crippen LogP contribution is 2.35. The maximum absolute atomic E-state index is 11.8. The topological polar surface area (TPSA) is 112 Å². The quantitative estimate of drug-likeness (QED) is 0.441. The normalized spacial score (nSPS) is 10.5. The summed E-state index contributed by atoms with van der Waals surface area (Å²) in [5.74, 6) is 1.10. The van der Waals surface area contributed by atoms with Gasteiger partial charge in [-0.15, -0.1) is 10.2 Å². The summed E-state index contributed by atoms with van der Waals surface area (Å²) in [4.78, 5) is 26.4. The molecule has 0 aliphatic rings. The van der Waals surface area contributed by atoms with E-state index in [-0.39, 0.29) is 11.9 Å². The Morgan fingerprint density at radius 3 is 2.34 bits per heavy atom. The number of hydrogen-bond donors (Lipinski definition) is 1. The predicted octanol–water partition coefficient (Wildman–Crippen LogP) is 2.96. The number of nitrogens with one attached hydrogen (secondary N) is 1. The highest BCUT2D eigenvalue weighted by molar-refractivity contribution is 5.88. The molecule has 4 rings (SSSR count). The average Bonchev–Trinajstić information content (AvgIpc) is 2.83. The molecule has 0 saturated heterocycles. The second-order valence-electron chi connectivity index (χ2n) is 6.60. The standard InChI is InChI=1S/C22H20N6O4/c1-14(29)27-28(22-24-13-18(25-26-22)15-7-5-4-6-8-15)32-19-9-10-23-17-12-21(31-3)20(30-2)11-16(17)19/h4-13H,1-3H3,(H,27,29). The van der Waals surface area contributed by atoms with Gasteiger partial charge in [-0.3, -0.25) is 9.78 Å². The molecule has 0 atom stereocenters. The predicted molar refractivity (Wildman–Crippen MR) is 117 cm³/mol. The molecule has 0 spiro atoms. The molecule has 32 heavy (non-hydrogen) atoms.